The van der Waals surface area contributed by atoms with E-state index in [0.29, 0.717) is 12.0 Å². The van der Waals surface area contributed by atoms with E-state index in [-0.39, 0.29) is 6.04 Å². The summed E-state index contributed by atoms with van der Waals surface area (Å²) in [5.41, 5.74) is 4.30. The largest absolute Gasteiger partial charge is 0.294 e. The second-order valence-electron chi connectivity index (χ2n) is 7.10. The number of fused-ring (bicyclic) bond motifs is 2. The maximum absolute atomic E-state index is 5.30. The standard InChI is InChI=1S/C21H22N2/c1-3-7-15(8-4-1)18-19(16-9-5-2-6-10-16)22-20-17-11-13-23(14-12-17)21(18)20/h1-10,17-19,21H,11-14H2/t18-,19?,21+/m1/s1. The molecule has 2 aromatic rings. The van der Waals surface area contributed by atoms with E-state index in [1.165, 1.54) is 42.8 Å². The quantitative estimate of drug-likeness (QED) is 0.817. The van der Waals surface area contributed by atoms with Gasteiger partial charge in [0.1, 0.15) is 0 Å². The third-order valence-corrected chi connectivity index (χ3v) is 5.94. The number of aliphatic imine (C=N–C) groups is 1. The average Bonchev–Trinajstić information content (AvgIpc) is 3.07. The van der Waals surface area contributed by atoms with Crippen molar-refractivity contribution in [3.05, 3.63) is 71.8 Å². The van der Waals surface area contributed by atoms with Gasteiger partial charge in [-0.25, -0.2) is 0 Å². The molecule has 23 heavy (non-hydrogen) atoms. The third-order valence-electron chi connectivity index (χ3n) is 5.94. The Labute approximate surface area is 137 Å². The fraction of sp³-hybridized carbons (Fsp3) is 0.381. The minimum Gasteiger partial charge on any atom is -0.294 e. The van der Waals surface area contributed by atoms with Crippen molar-refractivity contribution in [1.82, 2.24) is 4.90 Å². The molecule has 6 rings (SSSR count). The second-order valence-corrected chi connectivity index (χ2v) is 7.10. The van der Waals surface area contributed by atoms with E-state index in [9.17, 15) is 0 Å². The molecular formula is C21H22N2. The number of benzene rings is 2. The smallest absolute Gasteiger partial charge is 0.0836 e. The fourth-order valence-corrected chi connectivity index (χ4v) is 4.88. The van der Waals surface area contributed by atoms with Crippen molar-refractivity contribution in [1.29, 1.82) is 0 Å². The first-order valence-corrected chi connectivity index (χ1v) is 8.83. The Hall–Kier alpha value is -1.93. The number of rotatable bonds is 2. The predicted octanol–water partition coefficient (Wildman–Crippen LogP) is 4.06. The van der Waals surface area contributed by atoms with Crippen molar-refractivity contribution in [3.8, 4) is 0 Å². The van der Waals surface area contributed by atoms with Crippen molar-refractivity contribution in [2.75, 3.05) is 13.1 Å². The average molecular weight is 302 g/mol. The molecule has 0 aliphatic carbocycles. The van der Waals surface area contributed by atoms with E-state index in [4.69, 9.17) is 4.99 Å². The van der Waals surface area contributed by atoms with Crippen LogP contribution in [0.25, 0.3) is 0 Å². The van der Waals surface area contributed by atoms with Crippen LogP contribution in [0.1, 0.15) is 35.9 Å². The monoisotopic (exact) mass is 302 g/mol. The van der Waals surface area contributed by atoms with Crippen molar-refractivity contribution in [3.63, 3.8) is 0 Å². The summed E-state index contributed by atoms with van der Waals surface area (Å²) < 4.78 is 0. The molecule has 3 fully saturated rings. The summed E-state index contributed by atoms with van der Waals surface area (Å²) in [4.78, 5) is 7.99. The van der Waals surface area contributed by atoms with Gasteiger partial charge in [0, 0.05) is 17.5 Å². The van der Waals surface area contributed by atoms with Crippen LogP contribution in [0.3, 0.4) is 0 Å². The van der Waals surface area contributed by atoms with Gasteiger partial charge in [0.15, 0.2) is 0 Å². The van der Waals surface area contributed by atoms with E-state index in [1.807, 2.05) is 0 Å². The molecule has 0 aromatic heterocycles. The Balaban J connectivity index is 1.63. The van der Waals surface area contributed by atoms with Gasteiger partial charge in [-0.15, -0.1) is 0 Å². The first-order chi connectivity index (χ1) is 11.4. The van der Waals surface area contributed by atoms with Gasteiger partial charge in [-0.1, -0.05) is 60.7 Å². The fourth-order valence-electron chi connectivity index (χ4n) is 4.88. The zero-order valence-electron chi connectivity index (χ0n) is 13.3. The lowest BCUT2D eigenvalue weighted by molar-refractivity contribution is 0.134. The van der Waals surface area contributed by atoms with Crippen molar-refractivity contribution >= 4 is 5.71 Å². The summed E-state index contributed by atoms with van der Waals surface area (Å²) in [6.45, 7) is 2.50. The van der Waals surface area contributed by atoms with Gasteiger partial charge >= 0.3 is 0 Å². The van der Waals surface area contributed by atoms with Gasteiger partial charge in [0.05, 0.1) is 12.1 Å². The molecule has 0 spiro atoms. The van der Waals surface area contributed by atoms with Gasteiger partial charge < -0.3 is 0 Å². The van der Waals surface area contributed by atoms with Crippen LogP contribution in [0.5, 0.6) is 0 Å². The Morgan fingerprint density at radius 1 is 0.783 bits per heavy atom. The highest BCUT2D eigenvalue weighted by molar-refractivity contribution is 5.96. The number of hydrogen-bond donors (Lipinski definition) is 0. The molecule has 4 aliphatic heterocycles. The van der Waals surface area contributed by atoms with E-state index >= 15 is 0 Å². The normalized spacial score (nSPS) is 35.0. The highest BCUT2D eigenvalue weighted by Gasteiger charge is 2.50. The summed E-state index contributed by atoms with van der Waals surface area (Å²) in [7, 11) is 0. The molecule has 2 bridgehead atoms. The lowest BCUT2D eigenvalue weighted by atomic mass is 9.74. The minimum absolute atomic E-state index is 0.278. The van der Waals surface area contributed by atoms with Crippen molar-refractivity contribution in [2.45, 2.75) is 30.8 Å². The summed E-state index contributed by atoms with van der Waals surface area (Å²) in [6, 6.07) is 22.7. The topological polar surface area (TPSA) is 15.6 Å². The zero-order valence-corrected chi connectivity index (χ0v) is 13.3. The zero-order chi connectivity index (χ0) is 15.2. The highest BCUT2D eigenvalue weighted by atomic mass is 15.2. The van der Waals surface area contributed by atoms with Crippen LogP contribution in [0.2, 0.25) is 0 Å². The second kappa shape index (κ2) is 5.31. The Morgan fingerprint density at radius 3 is 2.04 bits per heavy atom. The molecule has 0 N–H and O–H groups in total. The van der Waals surface area contributed by atoms with E-state index in [2.05, 4.69) is 65.6 Å². The first-order valence-electron chi connectivity index (χ1n) is 8.83. The van der Waals surface area contributed by atoms with Crippen LogP contribution < -0.4 is 0 Å². The van der Waals surface area contributed by atoms with Gasteiger partial charge in [0.2, 0.25) is 0 Å². The van der Waals surface area contributed by atoms with Crippen molar-refractivity contribution in [2.24, 2.45) is 10.9 Å². The minimum atomic E-state index is 0.278. The van der Waals surface area contributed by atoms with Gasteiger partial charge in [-0.3, -0.25) is 9.89 Å². The molecule has 4 heterocycles. The number of hydrogen-bond acceptors (Lipinski definition) is 2. The van der Waals surface area contributed by atoms with Crippen LogP contribution in [0.15, 0.2) is 65.7 Å². The number of piperidine rings is 3. The molecule has 0 amide bonds. The van der Waals surface area contributed by atoms with E-state index in [0.717, 1.165) is 5.92 Å². The lowest BCUT2D eigenvalue weighted by Crippen LogP contribution is -2.55. The first kappa shape index (κ1) is 13.5. The number of nitrogens with zero attached hydrogens (tertiary/aromatic N) is 2. The molecule has 1 unspecified atom stereocenters. The Bertz CT molecular complexity index is 714. The van der Waals surface area contributed by atoms with Crippen LogP contribution >= 0.6 is 0 Å². The molecule has 2 heteroatoms. The van der Waals surface area contributed by atoms with Crippen LogP contribution in [-0.2, 0) is 0 Å². The Kier molecular flexibility index (Phi) is 3.12. The van der Waals surface area contributed by atoms with Crippen LogP contribution in [0, 0.1) is 5.92 Å². The molecular weight excluding hydrogens is 280 g/mol. The summed E-state index contributed by atoms with van der Waals surface area (Å²) >= 11 is 0. The molecule has 2 nitrogen and oxygen atoms in total. The maximum Gasteiger partial charge on any atom is 0.0836 e. The summed E-state index contributed by atoms with van der Waals surface area (Å²) in [5.74, 6) is 1.20. The van der Waals surface area contributed by atoms with Gasteiger partial charge in [0.25, 0.3) is 0 Å². The van der Waals surface area contributed by atoms with Crippen molar-refractivity contribution < 1.29 is 0 Å². The van der Waals surface area contributed by atoms with Gasteiger partial charge in [-0.05, 0) is 37.1 Å². The lowest BCUT2D eigenvalue weighted by Gasteiger charge is -2.46. The molecule has 4 aliphatic rings. The molecule has 3 saturated heterocycles. The molecule has 116 valence electrons. The van der Waals surface area contributed by atoms with E-state index < -0.39 is 0 Å². The predicted molar refractivity (Wildman–Crippen MR) is 93.9 cm³/mol. The molecule has 0 radical (unpaired) electrons. The SMILES string of the molecule is c1ccc(C2N=C3C4CCN(CC4)[C@H]3[C@@H]2c2ccccc2)cc1. The van der Waals surface area contributed by atoms with Crippen LogP contribution in [0.4, 0.5) is 0 Å². The van der Waals surface area contributed by atoms with Gasteiger partial charge in [-0.2, -0.15) is 0 Å². The summed E-state index contributed by atoms with van der Waals surface area (Å²) in [5, 5.41) is 0. The highest BCUT2D eigenvalue weighted by Crippen LogP contribution is 2.49. The third kappa shape index (κ3) is 2.08. The molecule has 2 aromatic carbocycles. The van der Waals surface area contributed by atoms with Crippen LogP contribution in [-0.4, -0.2) is 29.7 Å². The summed E-state index contributed by atoms with van der Waals surface area (Å²) in [6.07, 6.45) is 2.61. The maximum atomic E-state index is 5.30. The molecule has 0 saturated carbocycles. The Morgan fingerprint density at radius 2 is 1.39 bits per heavy atom. The molecule has 3 atom stereocenters. The van der Waals surface area contributed by atoms with E-state index in [1.54, 1.807) is 0 Å².